The second-order valence-corrected chi connectivity index (χ2v) is 6.44. The van der Waals surface area contributed by atoms with E-state index in [1.807, 2.05) is 0 Å². The van der Waals surface area contributed by atoms with Gasteiger partial charge in [-0.2, -0.15) is 5.10 Å². The standard InChI is InChI=1S/C18H33N3/c1-4-13-19-18(15-9-7-8-10-15)12-11-17-14-16(5-2)20-21(17)6-3/h14-15,18-19H,4-13H2,1-3H3. The molecule has 1 unspecified atom stereocenters. The lowest BCUT2D eigenvalue weighted by molar-refractivity contribution is 0.338. The molecule has 1 saturated carbocycles. The SMILES string of the molecule is CCCNC(CCc1cc(CC)nn1CC)C1CCCC1. The Hall–Kier alpha value is -0.830. The van der Waals surface area contributed by atoms with Crippen LogP contribution >= 0.6 is 0 Å². The van der Waals surface area contributed by atoms with E-state index in [-0.39, 0.29) is 0 Å². The highest BCUT2D eigenvalue weighted by Gasteiger charge is 2.24. The van der Waals surface area contributed by atoms with Crippen LogP contribution in [0.15, 0.2) is 6.07 Å². The number of nitrogens with zero attached hydrogens (tertiary/aromatic N) is 2. The molecule has 0 bridgehead atoms. The lowest BCUT2D eigenvalue weighted by atomic mass is 9.93. The summed E-state index contributed by atoms with van der Waals surface area (Å²) in [5.74, 6) is 0.903. The Morgan fingerprint density at radius 2 is 2.05 bits per heavy atom. The predicted molar refractivity (Wildman–Crippen MR) is 89.6 cm³/mol. The van der Waals surface area contributed by atoms with Crippen molar-refractivity contribution in [2.45, 2.75) is 84.7 Å². The first-order valence-electron chi connectivity index (χ1n) is 9.07. The van der Waals surface area contributed by atoms with Crippen molar-refractivity contribution < 1.29 is 0 Å². The lowest BCUT2D eigenvalue weighted by Gasteiger charge is -2.25. The smallest absolute Gasteiger partial charge is 0.0624 e. The maximum Gasteiger partial charge on any atom is 0.0624 e. The highest BCUT2D eigenvalue weighted by Crippen LogP contribution is 2.29. The van der Waals surface area contributed by atoms with Crippen molar-refractivity contribution >= 4 is 0 Å². The van der Waals surface area contributed by atoms with Crippen LogP contribution < -0.4 is 5.32 Å². The molecular formula is C18H33N3. The van der Waals surface area contributed by atoms with E-state index in [1.54, 1.807) is 0 Å². The molecule has 1 aliphatic carbocycles. The van der Waals surface area contributed by atoms with Gasteiger partial charge in [-0.1, -0.05) is 26.7 Å². The minimum absolute atomic E-state index is 0.706. The minimum atomic E-state index is 0.706. The maximum atomic E-state index is 4.68. The highest BCUT2D eigenvalue weighted by molar-refractivity contribution is 5.11. The van der Waals surface area contributed by atoms with Crippen LogP contribution in [0.4, 0.5) is 0 Å². The fourth-order valence-corrected chi connectivity index (χ4v) is 3.66. The topological polar surface area (TPSA) is 29.9 Å². The fourth-order valence-electron chi connectivity index (χ4n) is 3.66. The number of hydrogen-bond donors (Lipinski definition) is 1. The summed E-state index contributed by atoms with van der Waals surface area (Å²) in [6.45, 7) is 8.80. The molecule has 1 atom stereocenters. The van der Waals surface area contributed by atoms with Crippen LogP contribution in [0.1, 0.15) is 70.7 Å². The molecule has 0 saturated heterocycles. The van der Waals surface area contributed by atoms with Crippen molar-refractivity contribution in [1.82, 2.24) is 15.1 Å². The maximum absolute atomic E-state index is 4.68. The Labute approximate surface area is 130 Å². The highest BCUT2D eigenvalue weighted by atomic mass is 15.3. The Morgan fingerprint density at radius 1 is 1.29 bits per heavy atom. The molecule has 1 aromatic heterocycles. The molecule has 3 heteroatoms. The Bertz CT molecular complexity index is 405. The summed E-state index contributed by atoms with van der Waals surface area (Å²) in [4.78, 5) is 0. The molecule has 1 aliphatic rings. The summed E-state index contributed by atoms with van der Waals surface area (Å²) >= 11 is 0. The Morgan fingerprint density at radius 3 is 2.67 bits per heavy atom. The van der Waals surface area contributed by atoms with Gasteiger partial charge in [0.15, 0.2) is 0 Å². The molecule has 1 heterocycles. The van der Waals surface area contributed by atoms with Crippen molar-refractivity contribution in [2.75, 3.05) is 6.54 Å². The van der Waals surface area contributed by atoms with Gasteiger partial charge in [-0.25, -0.2) is 0 Å². The fraction of sp³-hybridized carbons (Fsp3) is 0.833. The molecule has 120 valence electrons. The van der Waals surface area contributed by atoms with Crippen molar-refractivity contribution in [3.63, 3.8) is 0 Å². The average Bonchev–Trinajstić information content (AvgIpc) is 3.16. The summed E-state index contributed by atoms with van der Waals surface area (Å²) < 4.78 is 2.20. The van der Waals surface area contributed by atoms with E-state index in [0.29, 0.717) is 6.04 Å². The molecular weight excluding hydrogens is 258 g/mol. The zero-order chi connectivity index (χ0) is 15.1. The first-order chi connectivity index (χ1) is 10.3. The summed E-state index contributed by atoms with van der Waals surface area (Å²) in [6, 6.07) is 3.02. The Kier molecular flexibility index (Phi) is 6.75. The molecule has 21 heavy (non-hydrogen) atoms. The van der Waals surface area contributed by atoms with Crippen LogP contribution in [-0.2, 0) is 19.4 Å². The molecule has 3 nitrogen and oxygen atoms in total. The number of hydrogen-bond acceptors (Lipinski definition) is 2. The van der Waals surface area contributed by atoms with Gasteiger partial charge in [-0.3, -0.25) is 4.68 Å². The first-order valence-corrected chi connectivity index (χ1v) is 9.07. The predicted octanol–water partition coefficient (Wildman–Crippen LogP) is 3.96. The molecule has 2 rings (SSSR count). The van der Waals surface area contributed by atoms with Gasteiger partial charge in [0, 0.05) is 18.3 Å². The van der Waals surface area contributed by atoms with E-state index in [4.69, 9.17) is 0 Å². The third-order valence-electron chi connectivity index (χ3n) is 4.91. The van der Waals surface area contributed by atoms with E-state index in [9.17, 15) is 0 Å². The molecule has 0 spiro atoms. The normalized spacial score (nSPS) is 17.5. The van der Waals surface area contributed by atoms with Gasteiger partial charge in [0.25, 0.3) is 0 Å². The van der Waals surface area contributed by atoms with Crippen LogP contribution in [0.2, 0.25) is 0 Å². The third-order valence-corrected chi connectivity index (χ3v) is 4.91. The first kappa shape index (κ1) is 16.5. The average molecular weight is 291 g/mol. The van der Waals surface area contributed by atoms with Crippen LogP contribution in [0.3, 0.4) is 0 Å². The van der Waals surface area contributed by atoms with E-state index < -0.39 is 0 Å². The molecule has 1 N–H and O–H groups in total. The van der Waals surface area contributed by atoms with Crippen LogP contribution in [0.25, 0.3) is 0 Å². The molecule has 1 fully saturated rings. The quantitative estimate of drug-likeness (QED) is 0.746. The van der Waals surface area contributed by atoms with Crippen molar-refractivity contribution in [2.24, 2.45) is 5.92 Å². The van der Waals surface area contributed by atoms with E-state index in [1.165, 1.54) is 56.3 Å². The van der Waals surface area contributed by atoms with Gasteiger partial charge >= 0.3 is 0 Å². The van der Waals surface area contributed by atoms with E-state index >= 15 is 0 Å². The van der Waals surface area contributed by atoms with Crippen LogP contribution in [0, 0.1) is 5.92 Å². The zero-order valence-electron chi connectivity index (χ0n) is 14.2. The van der Waals surface area contributed by atoms with Gasteiger partial charge in [-0.15, -0.1) is 0 Å². The van der Waals surface area contributed by atoms with Crippen molar-refractivity contribution in [3.05, 3.63) is 17.5 Å². The van der Waals surface area contributed by atoms with Gasteiger partial charge < -0.3 is 5.32 Å². The van der Waals surface area contributed by atoms with Crippen molar-refractivity contribution in [1.29, 1.82) is 0 Å². The number of nitrogens with one attached hydrogen (secondary N) is 1. The zero-order valence-corrected chi connectivity index (χ0v) is 14.2. The molecule has 0 amide bonds. The second kappa shape index (κ2) is 8.57. The summed E-state index contributed by atoms with van der Waals surface area (Å²) in [5, 5.41) is 8.49. The van der Waals surface area contributed by atoms with E-state index in [0.717, 1.165) is 25.4 Å². The van der Waals surface area contributed by atoms with Gasteiger partial charge in [0.2, 0.25) is 0 Å². The van der Waals surface area contributed by atoms with Crippen LogP contribution in [-0.4, -0.2) is 22.4 Å². The number of aryl methyl sites for hydroxylation is 3. The van der Waals surface area contributed by atoms with E-state index in [2.05, 4.69) is 41.9 Å². The summed E-state index contributed by atoms with van der Waals surface area (Å²) in [6.07, 6.45) is 10.4. The number of rotatable bonds is 9. The molecule has 1 aromatic rings. The monoisotopic (exact) mass is 291 g/mol. The van der Waals surface area contributed by atoms with Crippen LogP contribution in [0.5, 0.6) is 0 Å². The van der Waals surface area contributed by atoms with Gasteiger partial charge in [-0.05, 0) is 64.0 Å². The van der Waals surface area contributed by atoms with Gasteiger partial charge in [0.05, 0.1) is 5.69 Å². The molecule has 0 radical (unpaired) electrons. The van der Waals surface area contributed by atoms with Gasteiger partial charge in [0.1, 0.15) is 0 Å². The largest absolute Gasteiger partial charge is 0.314 e. The molecule has 0 aliphatic heterocycles. The Balaban J connectivity index is 1.94. The lowest BCUT2D eigenvalue weighted by Crippen LogP contribution is -2.36. The minimum Gasteiger partial charge on any atom is -0.314 e. The summed E-state index contributed by atoms with van der Waals surface area (Å²) in [7, 11) is 0. The second-order valence-electron chi connectivity index (χ2n) is 6.44. The van der Waals surface area contributed by atoms with Crippen molar-refractivity contribution in [3.8, 4) is 0 Å². The molecule has 0 aromatic carbocycles. The number of aromatic nitrogens is 2. The third kappa shape index (κ3) is 4.57. The summed E-state index contributed by atoms with van der Waals surface area (Å²) in [5.41, 5.74) is 2.67.